The van der Waals surface area contributed by atoms with E-state index < -0.39 is 0 Å². The van der Waals surface area contributed by atoms with Gasteiger partial charge in [-0.05, 0) is 44.0 Å². The van der Waals surface area contributed by atoms with E-state index in [1.54, 1.807) is 6.07 Å². The molecule has 3 nitrogen and oxygen atoms in total. The lowest BCUT2D eigenvalue weighted by molar-refractivity contribution is 0.0692. The van der Waals surface area contributed by atoms with Crippen LogP contribution in [0.5, 0.6) is 0 Å². The molecule has 0 aromatic heterocycles. The summed E-state index contributed by atoms with van der Waals surface area (Å²) in [5.41, 5.74) is 1.69. The van der Waals surface area contributed by atoms with Crippen molar-refractivity contribution in [1.29, 1.82) is 0 Å². The average Bonchev–Trinajstić information content (AvgIpc) is 2.92. The molecule has 0 radical (unpaired) electrons. The summed E-state index contributed by atoms with van der Waals surface area (Å²) in [4.78, 5) is 14.6. The number of aryl methyl sites for hydroxylation is 1. The summed E-state index contributed by atoms with van der Waals surface area (Å²) in [6.07, 6.45) is 2.01. The number of halogens is 2. The Morgan fingerprint density at radius 3 is 2.80 bits per heavy atom. The molecule has 1 unspecified atom stereocenters. The molecule has 1 aromatic carbocycles. The van der Waals surface area contributed by atoms with Gasteiger partial charge in [0.25, 0.3) is 5.91 Å². The zero-order chi connectivity index (χ0) is 13.8. The Labute approximate surface area is 132 Å². The van der Waals surface area contributed by atoms with Gasteiger partial charge in [-0.15, -0.1) is 12.4 Å². The van der Waals surface area contributed by atoms with Gasteiger partial charge in [0.1, 0.15) is 0 Å². The minimum atomic E-state index is 0. The van der Waals surface area contributed by atoms with Gasteiger partial charge in [0.05, 0.1) is 0 Å². The highest BCUT2D eigenvalue weighted by Gasteiger charge is 2.26. The zero-order valence-electron chi connectivity index (χ0n) is 12.0. The van der Waals surface area contributed by atoms with Gasteiger partial charge in [0.15, 0.2) is 0 Å². The van der Waals surface area contributed by atoms with E-state index in [-0.39, 0.29) is 18.3 Å². The van der Waals surface area contributed by atoms with Crippen molar-refractivity contribution in [2.45, 2.75) is 32.7 Å². The molecule has 1 aromatic rings. The van der Waals surface area contributed by atoms with E-state index in [0.29, 0.717) is 16.6 Å². The van der Waals surface area contributed by atoms with E-state index in [0.717, 1.165) is 38.0 Å². The third-order valence-corrected chi connectivity index (χ3v) is 4.03. The van der Waals surface area contributed by atoms with E-state index in [1.807, 2.05) is 24.0 Å². The van der Waals surface area contributed by atoms with Gasteiger partial charge in [-0.1, -0.05) is 24.6 Å². The first kappa shape index (κ1) is 17.3. The monoisotopic (exact) mass is 316 g/mol. The van der Waals surface area contributed by atoms with Gasteiger partial charge in [-0.2, -0.15) is 0 Å². The second kappa shape index (κ2) is 7.87. The van der Waals surface area contributed by atoms with E-state index in [9.17, 15) is 4.79 Å². The fraction of sp³-hybridized carbons (Fsp3) is 0.533. The molecule has 1 aliphatic rings. The van der Waals surface area contributed by atoms with Gasteiger partial charge in [0.2, 0.25) is 0 Å². The molecule has 1 fully saturated rings. The summed E-state index contributed by atoms with van der Waals surface area (Å²) < 4.78 is 0. The first-order chi connectivity index (χ1) is 9.13. The number of nitrogens with one attached hydrogen (secondary N) is 1. The van der Waals surface area contributed by atoms with Crippen LogP contribution in [0.2, 0.25) is 5.02 Å². The lowest BCUT2D eigenvalue weighted by atomic mass is 10.1. The number of hydrogen-bond donors (Lipinski definition) is 1. The van der Waals surface area contributed by atoms with Crippen LogP contribution in [0.15, 0.2) is 18.2 Å². The molecule has 0 saturated carbocycles. The molecule has 2 rings (SSSR count). The van der Waals surface area contributed by atoms with Crippen molar-refractivity contribution < 1.29 is 4.79 Å². The predicted molar refractivity (Wildman–Crippen MR) is 86.0 cm³/mol. The second-order valence-electron chi connectivity index (χ2n) is 5.11. The van der Waals surface area contributed by atoms with Crippen LogP contribution in [0.1, 0.15) is 35.7 Å². The number of rotatable bonds is 4. The van der Waals surface area contributed by atoms with Crippen molar-refractivity contribution in [3.63, 3.8) is 0 Å². The van der Waals surface area contributed by atoms with E-state index in [4.69, 9.17) is 11.6 Å². The highest BCUT2D eigenvalue weighted by Crippen LogP contribution is 2.20. The molecular formula is C15H22Cl2N2O. The molecule has 112 valence electrons. The Bertz CT molecular complexity index is 459. The molecule has 5 heteroatoms. The summed E-state index contributed by atoms with van der Waals surface area (Å²) in [5, 5.41) is 3.98. The van der Waals surface area contributed by atoms with Crippen LogP contribution < -0.4 is 5.32 Å². The van der Waals surface area contributed by atoms with Crippen molar-refractivity contribution in [3.8, 4) is 0 Å². The van der Waals surface area contributed by atoms with Gasteiger partial charge in [0, 0.05) is 29.7 Å². The molecular weight excluding hydrogens is 295 g/mol. The molecule has 1 N–H and O–H groups in total. The van der Waals surface area contributed by atoms with Crippen LogP contribution in [0.4, 0.5) is 0 Å². The number of amides is 1. The standard InChI is InChI=1S/C15H21ClN2O.ClH/c1-3-8-18(13-6-7-17-10-13)15(19)12-5-4-11(2)14(16)9-12;/h4-5,9,13,17H,3,6-8,10H2,1-2H3;1H. The fourth-order valence-electron chi connectivity index (χ4n) is 2.49. The van der Waals surface area contributed by atoms with Crippen LogP contribution in [0, 0.1) is 6.92 Å². The van der Waals surface area contributed by atoms with Crippen LogP contribution in [0.25, 0.3) is 0 Å². The van der Waals surface area contributed by atoms with Crippen LogP contribution >= 0.6 is 24.0 Å². The second-order valence-corrected chi connectivity index (χ2v) is 5.52. The largest absolute Gasteiger partial charge is 0.334 e. The summed E-state index contributed by atoms with van der Waals surface area (Å²) >= 11 is 6.12. The topological polar surface area (TPSA) is 32.3 Å². The molecule has 0 bridgehead atoms. The van der Waals surface area contributed by atoms with Crippen molar-refractivity contribution in [2.24, 2.45) is 0 Å². The lowest BCUT2D eigenvalue weighted by Crippen LogP contribution is -2.42. The lowest BCUT2D eigenvalue weighted by Gasteiger charge is -2.28. The SMILES string of the molecule is CCCN(C(=O)c1ccc(C)c(Cl)c1)C1CCNC1.Cl. The smallest absolute Gasteiger partial charge is 0.254 e. The first-order valence-corrected chi connectivity index (χ1v) is 7.29. The highest BCUT2D eigenvalue weighted by atomic mass is 35.5. The van der Waals surface area contributed by atoms with E-state index >= 15 is 0 Å². The molecule has 1 aliphatic heterocycles. The summed E-state index contributed by atoms with van der Waals surface area (Å²) in [7, 11) is 0. The Morgan fingerprint density at radius 2 is 2.25 bits per heavy atom. The quantitative estimate of drug-likeness (QED) is 0.924. The Hall–Kier alpha value is -0.770. The molecule has 0 aliphatic carbocycles. The minimum absolute atomic E-state index is 0. The Kier molecular flexibility index (Phi) is 6.80. The van der Waals surface area contributed by atoms with Gasteiger partial charge in [-0.25, -0.2) is 0 Å². The number of benzene rings is 1. The number of carbonyl (C=O) groups excluding carboxylic acids is 1. The fourth-order valence-corrected chi connectivity index (χ4v) is 2.67. The molecule has 1 amide bonds. The van der Waals surface area contributed by atoms with Gasteiger partial charge >= 0.3 is 0 Å². The third kappa shape index (κ3) is 3.87. The van der Waals surface area contributed by atoms with Crippen molar-refractivity contribution >= 4 is 29.9 Å². The summed E-state index contributed by atoms with van der Waals surface area (Å²) in [5.74, 6) is 0.0949. The summed E-state index contributed by atoms with van der Waals surface area (Å²) in [6, 6.07) is 5.87. The van der Waals surface area contributed by atoms with Crippen molar-refractivity contribution in [2.75, 3.05) is 19.6 Å². The van der Waals surface area contributed by atoms with E-state index in [2.05, 4.69) is 12.2 Å². The van der Waals surface area contributed by atoms with Crippen LogP contribution in [-0.2, 0) is 0 Å². The Balaban J connectivity index is 0.00000200. The maximum absolute atomic E-state index is 12.6. The zero-order valence-corrected chi connectivity index (χ0v) is 13.6. The molecule has 0 spiro atoms. The summed E-state index contributed by atoms with van der Waals surface area (Å²) in [6.45, 7) is 6.74. The first-order valence-electron chi connectivity index (χ1n) is 6.91. The van der Waals surface area contributed by atoms with E-state index in [1.165, 1.54) is 0 Å². The van der Waals surface area contributed by atoms with Gasteiger partial charge in [-0.3, -0.25) is 4.79 Å². The van der Waals surface area contributed by atoms with Crippen LogP contribution in [0.3, 0.4) is 0 Å². The maximum atomic E-state index is 12.6. The number of carbonyl (C=O) groups is 1. The highest BCUT2D eigenvalue weighted by molar-refractivity contribution is 6.31. The number of hydrogen-bond acceptors (Lipinski definition) is 2. The molecule has 20 heavy (non-hydrogen) atoms. The minimum Gasteiger partial charge on any atom is -0.334 e. The molecule has 1 atom stereocenters. The van der Waals surface area contributed by atoms with Gasteiger partial charge < -0.3 is 10.2 Å². The molecule has 1 heterocycles. The third-order valence-electron chi connectivity index (χ3n) is 3.62. The average molecular weight is 317 g/mol. The number of nitrogens with zero attached hydrogens (tertiary/aromatic N) is 1. The predicted octanol–water partition coefficient (Wildman–Crippen LogP) is 3.28. The maximum Gasteiger partial charge on any atom is 0.254 e. The Morgan fingerprint density at radius 1 is 1.50 bits per heavy atom. The van der Waals surface area contributed by atoms with Crippen LogP contribution in [-0.4, -0.2) is 36.5 Å². The molecule has 1 saturated heterocycles. The van der Waals surface area contributed by atoms with Crippen molar-refractivity contribution in [1.82, 2.24) is 10.2 Å². The normalized spacial score (nSPS) is 17.6. The van der Waals surface area contributed by atoms with Crippen molar-refractivity contribution in [3.05, 3.63) is 34.3 Å².